The van der Waals surface area contributed by atoms with E-state index in [9.17, 15) is 9.59 Å². The lowest BCUT2D eigenvalue weighted by Gasteiger charge is -2.27. The van der Waals surface area contributed by atoms with Crippen LogP contribution < -0.4 is 10.2 Å². The molecule has 0 saturated carbocycles. The molecule has 2 amide bonds. The summed E-state index contributed by atoms with van der Waals surface area (Å²) in [7, 11) is 0. The van der Waals surface area contributed by atoms with E-state index < -0.39 is 17.4 Å². The number of nitrogens with one attached hydrogen (secondary N) is 1. The van der Waals surface area contributed by atoms with E-state index in [2.05, 4.69) is 15.4 Å². The summed E-state index contributed by atoms with van der Waals surface area (Å²) in [5.74, 6) is -0.153. The van der Waals surface area contributed by atoms with E-state index in [1.807, 2.05) is 12.2 Å². The van der Waals surface area contributed by atoms with Crippen LogP contribution in [0.25, 0.3) is 0 Å². The van der Waals surface area contributed by atoms with Crippen molar-refractivity contribution >= 4 is 17.6 Å². The Morgan fingerprint density at radius 3 is 2.97 bits per heavy atom. The van der Waals surface area contributed by atoms with Crippen LogP contribution in [0.3, 0.4) is 0 Å². The summed E-state index contributed by atoms with van der Waals surface area (Å²) in [4.78, 5) is 30.0. The van der Waals surface area contributed by atoms with Crippen LogP contribution in [0.5, 0.6) is 0 Å². The third-order valence-electron chi connectivity index (χ3n) is 6.35. The Morgan fingerprint density at radius 1 is 1.38 bits per heavy atom. The topological polar surface area (TPSA) is 97.1 Å². The monoisotopic (exact) mass is 402 g/mol. The number of hydrogen-bond acceptors (Lipinski definition) is 7. The molecule has 156 valence electrons. The summed E-state index contributed by atoms with van der Waals surface area (Å²) in [6, 6.07) is 1.73. The SMILES string of the molecule is Cc1cc(N2C[C@]34C=C[C@H](O3)[C@@H](C(=O)NCCCN3CCOCC3)[C@@H]4C2=O)no1. The maximum Gasteiger partial charge on any atom is 0.235 e. The first-order valence-electron chi connectivity index (χ1n) is 10.3. The van der Waals surface area contributed by atoms with Gasteiger partial charge in [-0.3, -0.25) is 19.4 Å². The van der Waals surface area contributed by atoms with Crippen LogP contribution in [-0.4, -0.2) is 79.5 Å². The average Bonchev–Trinajstić information content (AvgIpc) is 3.47. The number of amides is 2. The summed E-state index contributed by atoms with van der Waals surface area (Å²) >= 11 is 0. The van der Waals surface area contributed by atoms with Gasteiger partial charge in [0.05, 0.1) is 37.7 Å². The zero-order valence-corrected chi connectivity index (χ0v) is 16.5. The highest BCUT2D eigenvalue weighted by molar-refractivity contribution is 6.02. The number of nitrogens with zero attached hydrogens (tertiary/aromatic N) is 3. The number of carbonyl (C=O) groups excluding carboxylic acids is 2. The lowest BCUT2D eigenvalue weighted by atomic mass is 9.77. The molecule has 5 heterocycles. The van der Waals surface area contributed by atoms with Crippen molar-refractivity contribution in [2.45, 2.75) is 25.0 Å². The smallest absolute Gasteiger partial charge is 0.235 e. The maximum atomic E-state index is 13.2. The molecule has 0 aromatic carbocycles. The molecule has 1 aromatic rings. The van der Waals surface area contributed by atoms with Gasteiger partial charge in [-0.2, -0.15) is 0 Å². The molecule has 3 saturated heterocycles. The first kappa shape index (κ1) is 18.8. The predicted octanol–water partition coefficient (Wildman–Crippen LogP) is 0.108. The minimum absolute atomic E-state index is 0.111. The zero-order chi connectivity index (χ0) is 20.0. The first-order chi connectivity index (χ1) is 14.1. The fourth-order valence-electron chi connectivity index (χ4n) is 4.93. The molecule has 0 unspecified atom stereocenters. The van der Waals surface area contributed by atoms with E-state index in [1.165, 1.54) is 0 Å². The summed E-state index contributed by atoms with van der Waals surface area (Å²) in [6.07, 6.45) is 4.38. The Kier molecular flexibility index (Phi) is 4.68. The molecule has 3 fully saturated rings. The minimum atomic E-state index is -0.746. The molecule has 2 bridgehead atoms. The fourth-order valence-corrected chi connectivity index (χ4v) is 4.93. The van der Waals surface area contributed by atoms with Gasteiger partial charge >= 0.3 is 0 Å². The van der Waals surface area contributed by atoms with E-state index in [0.29, 0.717) is 24.7 Å². The van der Waals surface area contributed by atoms with E-state index >= 15 is 0 Å². The maximum absolute atomic E-state index is 13.2. The van der Waals surface area contributed by atoms with Crippen LogP contribution >= 0.6 is 0 Å². The van der Waals surface area contributed by atoms with Crippen LogP contribution in [0.2, 0.25) is 0 Å². The second-order valence-corrected chi connectivity index (χ2v) is 8.22. The van der Waals surface area contributed by atoms with Gasteiger partial charge in [-0.25, -0.2) is 0 Å². The number of carbonyl (C=O) groups is 2. The number of morpholine rings is 1. The normalized spacial score (nSPS) is 33.5. The number of aromatic nitrogens is 1. The largest absolute Gasteiger partial charge is 0.379 e. The number of hydrogen-bond donors (Lipinski definition) is 1. The Morgan fingerprint density at radius 2 is 2.21 bits per heavy atom. The summed E-state index contributed by atoms with van der Waals surface area (Å²) < 4.78 is 16.6. The lowest BCUT2D eigenvalue weighted by Crippen LogP contribution is -2.45. The molecule has 4 aliphatic heterocycles. The fraction of sp³-hybridized carbons (Fsp3) is 0.650. The third-order valence-corrected chi connectivity index (χ3v) is 6.35. The Balaban J connectivity index is 1.22. The Bertz CT molecular complexity index is 833. The van der Waals surface area contributed by atoms with Crippen molar-refractivity contribution in [3.05, 3.63) is 24.0 Å². The lowest BCUT2D eigenvalue weighted by molar-refractivity contribution is -0.131. The molecule has 9 nitrogen and oxygen atoms in total. The van der Waals surface area contributed by atoms with Crippen LogP contribution in [-0.2, 0) is 19.1 Å². The molecular formula is C20H26N4O5. The number of fused-ring (bicyclic) bond motifs is 1. The number of aryl methyl sites for hydroxylation is 1. The van der Waals surface area contributed by atoms with Gasteiger partial charge in [0.2, 0.25) is 11.8 Å². The molecule has 1 N–H and O–H groups in total. The van der Waals surface area contributed by atoms with E-state index in [4.69, 9.17) is 14.0 Å². The van der Waals surface area contributed by atoms with Crippen molar-refractivity contribution in [1.82, 2.24) is 15.4 Å². The zero-order valence-electron chi connectivity index (χ0n) is 16.5. The molecule has 4 aliphatic rings. The van der Waals surface area contributed by atoms with Gasteiger partial charge in [0.25, 0.3) is 0 Å². The first-order valence-corrected chi connectivity index (χ1v) is 10.3. The van der Waals surface area contributed by atoms with Crippen molar-refractivity contribution in [3.8, 4) is 0 Å². The number of ether oxygens (including phenoxy) is 2. The molecule has 29 heavy (non-hydrogen) atoms. The Hall–Kier alpha value is -2.23. The van der Waals surface area contributed by atoms with Gasteiger partial charge in [-0.05, 0) is 19.9 Å². The summed E-state index contributed by atoms with van der Waals surface area (Å²) in [5.41, 5.74) is -0.746. The van der Waals surface area contributed by atoms with Gasteiger partial charge < -0.3 is 19.3 Å². The summed E-state index contributed by atoms with van der Waals surface area (Å²) in [5, 5.41) is 6.99. The minimum Gasteiger partial charge on any atom is -0.379 e. The second kappa shape index (κ2) is 7.23. The van der Waals surface area contributed by atoms with Crippen molar-refractivity contribution in [2.75, 3.05) is 50.8 Å². The van der Waals surface area contributed by atoms with Crippen molar-refractivity contribution < 1.29 is 23.6 Å². The average molecular weight is 402 g/mol. The van der Waals surface area contributed by atoms with Crippen LogP contribution in [0.1, 0.15) is 12.2 Å². The molecule has 4 atom stereocenters. The summed E-state index contributed by atoms with van der Waals surface area (Å²) in [6.45, 7) is 7.08. The van der Waals surface area contributed by atoms with E-state index in [1.54, 1.807) is 17.9 Å². The molecule has 0 aliphatic carbocycles. The van der Waals surface area contributed by atoms with Gasteiger partial charge in [-0.15, -0.1) is 0 Å². The molecule has 5 rings (SSSR count). The van der Waals surface area contributed by atoms with Gasteiger partial charge in [0, 0.05) is 25.7 Å². The number of anilines is 1. The highest BCUT2D eigenvalue weighted by atomic mass is 16.5. The molecule has 1 spiro atoms. The van der Waals surface area contributed by atoms with Crippen LogP contribution in [0.4, 0.5) is 5.82 Å². The van der Waals surface area contributed by atoms with E-state index in [0.717, 1.165) is 39.3 Å². The molecule has 0 radical (unpaired) electrons. The highest BCUT2D eigenvalue weighted by Gasteiger charge is 2.67. The van der Waals surface area contributed by atoms with E-state index in [-0.39, 0.29) is 17.9 Å². The van der Waals surface area contributed by atoms with Crippen molar-refractivity contribution in [1.29, 1.82) is 0 Å². The molecule has 9 heteroatoms. The van der Waals surface area contributed by atoms with Gasteiger partial charge in [-0.1, -0.05) is 17.3 Å². The Labute approximate surface area is 169 Å². The second-order valence-electron chi connectivity index (χ2n) is 8.22. The number of rotatable bonds is 6. The van der Waals surface area contributed by atoms with Gasteiger partial charge in [0.15, 0.2) is 5.82 Å². The van der Waals surface area contributed by atoms with Crippen LogP contribution in [0, 0.1) is 18.8 Å². The molecule has 1 aromatic heterocycles. The standard InChI is InChI=1S/C20H26N4O5/c1-13-11-15(22-29-13)24-12-20-4-3-14(28-20)16(17(20)19(24)26)18(25)21-5-2-6-23-7-9-27-10-8-23/h3-4,11,14,16-17H,2,5-10,12H2,1H3,(H,21,25)/t14-,16+,17+,20-/m0/s1. The van der Waals surface area contributed by atoms with Crippen molar-refractivity contribution in [2.24, 2.45) is 11.8 Å². The predicted molar refractivity (Wildman–Crippen MR) is 102 cm³/mol. The molecular weight excluding hydrogens is 376 g/mol. The third kappa shape index (κ3) is 3.17. The van der Waals surface area contributed by atoms with Crippen LogP contribution in [0.15, 0.2) is 22.7 Å². The van der Waals surface area contributed by atoms with Gasteiger partial charge in [0.1, 0.15) is 11.4 Å². The highest BCUT2D eigenvalue weighted by Crippen LogP contribution is 2.52. The van der Waals surface area contributed by atoms with Crippen molar-refractivity contribution in [3.63, 3.8) is 0 Å². The quantitative estimate of drug-likeness (QED) is 0.533.